The van der Waals surface area contributed by atoms with E-state index in [9.17, 15) is 4.79 Å². The highest BCUT2D eigenvalue weighted by molar-refractivity contribution is 7.99. The van der Waals surface area contributed by atoms with E-state index in [4.69, 9.17) is 16.7 Å². The molecule has 1 saturated carbocycles. The summed E-state index contributed by atoms with van der Waals surface area (Å²) in [5, 5.41) is 10.1. The van der Waals surface area contributed by atoms with Crippen molar-refractivity contribution in [3.8, 4) is 0 Å². The van der Waals surface area contributed by atoms with E-state index in [2.05, 4.69) is 21.5 Å². The van der Waals surface area contributed by atoms with Gasteiger partial charge in [0.05, 0.1) is 10.8 Å². The second-order valence-electron chi connectivity index (χ2n) is 4.91. The van der Waals surface area contributed by atoms with Crippen molar-refractivity contribution < 1.29 is 9.90 Å². The number of aromatic nitrogens is 3. The fourth-order valence-electron chi connectivity index (χ4n) is 2.45. The zero-order valence-corrected chi connectivity index (χ0v) is 12.5. The number of thioether (sulfide) groups is 1. The number of carbonyl (C=O) groups is 1. The van der Waals surface area contributed by atoms with Crippen LogP contribution in [0.25, 0.3) is 11.2 Å². The molecule has 0 aromatic carbocycles. The summed E-state index contributed by atoms with van der Waals surface area (Å²) in [6, 6.07) is 2.16. The number of aliphatic carboxylic acids is 1. The first-order chi connectivity index (χ1) is 9.60. The molecule has 1 aliphatic rings. The van der Waals surface area contributed by atoms with Gasteiger partial charge >= 0.3 is 5.97 Å². The Morgan fingerprint density at radius 3 is 3.10 bits per heavy atom. The van der Waals surface area contributed by atoms with Crippen molar-refractivity contribution in [3.63, 3.8) is 0 Å². The molecule has 0 amide bonds. The van der Waals surface area contributed by atoms with Gasteiger partial charge in [-0.05, 0) is 18.4 Å². The number of nitrogens with zero attached hydrogens (tertiary/aromatic N) is 3. The zero-order chi connectivity index (χ0) is 14.3. The maximum absolute atomic E-state index is 10.8. The number of hydrogen-bond acceptors (Lipinski definition) is 4. The van der Waals surface area contributed by atoms with Crippen molar-refractivity contribution in [2.45, 2.75) is 31.0 Å². The Hall–Kier alpha value is -1.27. The summed E-state index contributed by atoms with van der Waals surface area (Å²) in [5.41, 5.74) is 1.52. The van der Waals surface area contributed by atoms with Gasteiger partial charge in [-0.15, -0.1) is 0 Å². The highest BCUT2D eigenvalue weighted by Crippen LogP contribution is 2.48. The van der Waals surface area contributed by atoms with Crippen molar-refractivity contribution in [3.05, 3.63) is 17.3 Å². The first-order valence-electron chi connectivity index (χ1n) is 6.48. The van der Waals surface area contributed by atoms with Gasteiger partial charge in [0.15, 0.2) is 10.8 Å². The van der Waals surface area contributed by atoms with E-state index in [1.807, 2.05) is 0 Å². The Morgan fingerprint density at radius 1 is 1.65 bits per heavy atom. The molecule has 0 radical (unpaired) electrons. The van der Waals surface area contributed by atoms with Crippen LogP contribution in [0.2, 0.25) is 5.02 Å². The van der Waals surface area contributed by atoms with E-state index in [0.717, 1.165) is 29.2 Å². The highest BCUT2D eigenvalue weighted by atomic mass is 35.5. The standard InChI is InChI=1S/C13H14ClN3O2S/c1-2-7-3-10(7)17-12-9(4-8(14)5-15-12)16-13(17)20-6-11(18)19/h4-5,7,10H,2-3,6H2,1H3,(H,18,19). The molecule has 0 saturated heterocycles. The molecule has 5 nitrogen and oxygen atoms in total. The average Bonchev–Trinajstić information content (AvgIpc) is 3.09. The van der Waals surface area contributed by atoms with Gasteiger partial charge in [-0.1, -0.05) is 36.7 Å². The minimum atomic E-state index is -0.845. The summed E-state index contributed by atoms with van der Waals surface area (Å²) < 4.78 is 2.08. The first kappa shape index (κ1) is 13.7. The van der Waals surface area contributed by atoms with E-state index in [0.29, 0.717) is 17.0 Å². The van der Waals surface area contributed by atoms with Crippen LogP contribution in [-0.4, -0.2) is 31.4 Å². The molecular formula is C13H14ClN3O2S. The molecule has 2 aromatic rings. The van der Waals surface area contributed by atoms with E-state index in [1.165, 1.54) is 11.8 Å². The van der Waals surface area contributed by atoms with Crippen molar-refractivity contribution >= 4 is 40.5 Å². The van der Waals surface area contributed by atoms with E-state index >= 15 is 0 Å². The van der Waals surface area contributed by atoms with E-state index in [1.54, 1.807) is 12.3 Å². The van der Waals surface area contributed by atoms with E-state index in [-0.39, 0.29) is 5.75 Å². The monoisotopic (exact) mass is 311 g/mol. The number of rotatable bonds is 5. The van der Waals surface area contributed by atoms with Gasteiger partial charge in [-0.3, -0.25) is 4.79 Å². The molecule has 3 rings (SSSR count). The third-order valence-corrected chi connectivity index (χ3v) is 4.67. The summed E-state index contributed by atoms with van der Waals surface area (Å²) in [6.07, 6.45) is 3.82. The van der Waals surface area contributed by atoms with Crippen LogP contribution in [0.15, 0.2) is 17.4 Å². The van der Waals surface area contributed by atoms with Crippen LogP contribution in [0, 0.1) is 5.92 Å². The topological polar surface area (TPSA) is 68.0 Å². The van der Waals surface area contributed by atoms with Crippen molar-refractivity contribution in [2.75, 3.05) is 5.75 Å². The molecule has 7 heteroatoms. The lowest BCUT2D eigenvalue weighted by atomic mass is 10.3. The highest BCUT2D eigenvalue weighted by Gasteiger charge is 2.39. The largest absolute Gasteiger partial charge is 0.481 e. The second kappa shape index (κ2) is 5.26. The molecule has 0 aliphatic heterocycles. The van der Waals surface area contributed by atoms with Crippen molar-refractivity contribution in [1.82, 2.24) is 14.5 Å². The molecule has 20 heavy (non-hydrogen) atoms. The predicted molar refractivity (Wildman–Crippen MR) is 78.3 cm³/mol. The van der Waals surface area contributed by atoms with Crippen LogP contribution >= 0.6 is 23.4 Å². The van der Waals surface area contributed by atoms with Crippen LogP contribution in [0.1, 0.15) is 25.8 Å². The van der Waals surface area contributed by atoms with Crippen LogP contribution in [0.4, 0.5) is 0 Å². The Kier molecular flexibility index (Phi) is 3.60. The summed E-state index contributed by atoms with van der Waals surface area (Å²) >= 11 is 7.18. The second-order valence-corrected chi connectivity index (χ2v) is 6.29. The molecule has 2 unspecified atom stereocenters. The Balaban J connectivity index is 2.02. The Labute approximate surface area is 125 Å². The third kappa shape index (κ3) is 2.50. The summed E-state index contributed by atoms with van der Waals surface area (Å²) in [4.78, 5) is 19.6. The van der Waals surface area contributed by atoms with Gasteiger partial charge in [0, 0.05) is 12.2 Å². The smallest absolute Gasteiger partial charge is 0.313 e. The molecule has 2 heterocycles. The van der Waals surface area contributed by atoms with Gasteiger partial charge in [0.2, 0.25) is 0 Å². The fourth-order valence-corrected chi connectivity index (χ4v) is 3.38. The molecule has 106 valence electrons. The van der Waals surface area contributed by atoms with Gasteiger partial charge in [-0.25, -0.2) is 9.97 Å². The van der Waals surface area contributed by atoms with Crippen LogP contribution in [0.5, 0.6) is 0 Å². The van der Waals surface area contributed by atoms with Gasteiger partial charge in [0.25, 0.3) is 0 Å². The lowest BCUT2D eigenvalue weighted by Crippen LogP contribution is -2.03. The summed E-state index contributed by atoms with van der Waals surface area (Å²) in [7, 11) is 0. The number of hydrogen-bond donors (Lipinski definition) is 1. The molecular weight excluding hydrogens is 298 g/mol. The number of halogens is 1. The first-order valence-corrected chi connectivity index (χ1v) is 7.84. The predicted octanol–water partition coefficient (Wildman–Crippen LogP) is 3.23. The Morgan fingerprint density at radius 2 is 2.45 bits per heavy atom. The quantitative estimate of drug-likeness (QED) is 0.859. The summed E-state index contributed by atoms with van der Waals surface area (Å²) in [5.74, 6) is -0.211. The van der Waals surface area contributed by atoms with E-state index < -0.39 is 5.97 Å². The molecule has 1 aliphatic carbocycles. The average molecular weight is 312 g/mol. The molecule has 1 N–H and O–H groups in total. The number of pyridine rings is 1. The number of carboxylic acid groups (broad SMARTS) is 1. The SMILES string of the molecule is CCC1CC1n1c(SCC(=O)O)nc2cc(Cl)cnc21. The number of fused-ring (bicyclic) bond motifs is 1. The molecule has 0 bridgehead atoms. The minimum Gasteiger partial charge on any atom is -0.481 e. The zero-order valence-electron chi connectivity index (χ0n) is 10.9. The lowest BCUT2D eigenvalue weighted by molar-refractivity contribution is -0.133. The van der Waals surface area contributed by atoms with Crippen molar-refractivity contribution in [1.29, 1.82) is 0 Å². The number of imidazole rings is 1. The number of carboxylic acids is 1. The van der Waals surface area contributed by atoms with Gasteiger partial charge < -0.3 is 9.67 Å². The Bertz CT molecular complexity index is 673. The normalized spacial score (nSPS) is 21.3. The van der Waals surface area contributed by atoms with Gasteiger partial charge in [-0.2, -0.15) is 0 Å². The maximum atomic E-state index is 10.8. The fraction of sp³-hybridized carbons (Fsp3) is 0.462. The molecule has 2 aromatic heterocycles. The third-order valence-electron chi connectivity index (χ3n) is 3.53. The van der Waals surface area contributed by atoms with Crippen LogP contribution in [0.3, 0.4) is 0 Å². The maximum Gasteiger partial charge on any atom is 0.313 e. The minimum absolute atomic E-state index is 0.000561. The van der Waals surface area contributed by atoms with Crippen LogP contribution < -0.4 is 0 Å². The summed E-state index contributed by atoms with van der Waals surface area (Å²) in [6.45, 7) is 2.16. The molecule has 0 spiro atoms. The van der Waals surface area contributed by atoms with Crippen LogP contribution in [-0.2, 0) is 4.79 Å². The van der Waals surface area contributed by atoms with Crippen molar-refractivity contribution in [2.24, 2.45) is 5.92 Å². The molecule has 1 fully saturated rings. The van der Waals surface area contributed by atoms with Gasteiger partial charge in [0.1, 0.15) is 5.52 Å². The molecule has 2 atom stereocenters. The lowest BCUT2D eigenvalue weighted by Gasteiger charge is -2.06.